The molecule has 1 atom stereocenters. The van der Waals surface area contributed by atoms with E-state index in [0.717, 1.165) is 10.9 Å². The number of nitrogens with one attached hydrogen (secondary N) is 1. The van der Waals surface area contributed by atoms with Gasteiger partial charge in [-0.3, -0.25) is 4.79 Å². The van der Waals surface area contributed by atoms with Crippen LogP contribution in [0.2, 0.25) is 0 Å². The molecule has 0 spiro atoms. The first kappa shape index (κ1) is 16.5. The van der Waals surface area contributed by atoms with Crippen molar-refractivity contribution in [1.29, 1.82) is 0 Å². The lowest BCUT2D eigenvalue weighted by molar-refractivity contribution is 0.0861. The summed E-state index contributed by atoms with van der Waals surface area (Å²) in [5.41, 5.74) is 1.60. The Kier molecular flexibility index (Phi) is 5.57. The van der Waals surface area contributed by atoms with Crippen LogP contribution in [0.25, 0.3) is 10.9 Å². The van der Waals surface area contributed by atoms with Gasteiger partial charge in [-0.1, -0.05) is 32.0 Å². The maximum atomic E-state index is 12.4. The average molecular weight is 304 g/mol. The van der Waals surface area contributed by atoms with Gasteiger partial charge in [0.25, 0.3) is 5.91 Å². The van der Waals surface area contributed by atoms with E-state index in [1.165, 1.54) is 0 Å². The molecule has 1 heterocycles. The SMILES string of the molecule is COCCn1c(C(=O)NCC(O)C(C)C)cc2ccccc21. The van der Waals surface area contributed by atoms with Crippen LogP contribution in [0.3, 0.4) is 0 Å². The topological polar surface area (TPSA) is 63.5 Å². The molecular formula is C17H24N2O3. The van der Waals surface area contributed by atoms with Crippen LogP contribution in [0.15, 0.2) is 30.3 Å². The summed E-state index contributed by atoms with van der Waals surface area (Å²) in [6, 6.07) is 9.76. The zero-order valence-corrected chi connectivity index (χ0v) is 13.4. The molecule has 0 aliphatic heterocycles. The van der Waals surface area contributed by atoms with Gasteiger partial charge < -0.3 is 19.7 Å². The number of amides is 1. The molecule has 1 amide bonds. The number of para-hydroxylation sites is 1. The monoisotopic (exact) mass is 304 g/mol. The van der Waals surface area contributed by atoms with Crippen LogP contribution in [0.5, 0.6) is 0 Å². The van der Waals surface area contributed by atoms with E-state index in [0.29, 0.717) is 18.8 Å². The molecule has 5 heteroatoms. The second-order valence-electron chi connectivity index (χ2n) is 5.75. The summed E-state index contributed by atoms with van der Waals surface area (Å²) in [4.78, 5) is 12.4. The fourth-order valence-corrected chi connectivity index (χ4v) is 2.35. The lowest BCUT2D eigenvalue weighted by Gasteiger charge is -2.16. The maximum Gasteiger partial charge on any atom is 0.268 e. The molecule has 2 N–H and O–H groups in total. The number of aliphatic hydroxyl groups is 1. The van der Waals surface area contributed by atoms with Gasteiger partial charge in [0.05, 0.1) is 12.7 Å². The molecule has 0 aliphatic rings. The van der Waals surface area contributed by atoms with Gasteiger partial charge in [-0.05, 0) is 18.1 Å². The Morgan fingerprint density at radius 2 is 2.09 bits per heavy atom. The van der Waals surface area contributed by atoms with E-state index in [2.05, 4.69) is 5.32 Å². The highest BCUT2D eigenvalue weighted by molar-refractivity contribution is 5.98. The number of methoxy groups -OCH3 is 1. The van der Waals surface area contributed by atoms with E-state index >= 15 is 0 Å². The molecule has 1 aromatic heterocycles. The average Bonchev–Trinajstić information content (AvgIpc) is 2.88. The number of carbonyl (C=O) groups is 1. The fraction of sp³-hybridized carbons (Fsp3) is 0.471. The number of hydrogen-bond acceptors (Lipinski definition) is 3. The largest absolute Gasteiger partial charge is 0.391 e. The third-order valence-corrected chi connectivity index (χ3v) is 3.80. The van der Waals surface area contributed by atoms with Crippen LogP contribution in [0.1, 0.15) is 24.3 Å². The molecule has 120 valence electrons. The summed E-state index contributed by atoms with van der Waals surface area (Å²) in [7, 11) is 1.64. The number of benzene rings is 1. The van der Waals surface area contributed by atoms with Crippen molar-refractivity contribution in [2.24, 2.45) is 5.92 Å². The highest BCUT2D eigenvalue weighted by Gasteiger charge is 2.17. The van der Waals surface area contributed by atoms with E-state index in [-0.39, 0.29) is 18.4 Å². The van der Waals surface area contributed by atoms with Crippen LogP contribution in [0.4, 0.5) is 0 Å². The first-order valence-corrected chi connectivity index (χ1v) is 7.58. The lowest BCUT2D eigenvalue weighted by Crippen LogP contribution is -2.35. The smallest absolute Gasteiger partial charge is 0.268 e. The molecule has 1 unspecified atom stereocenters. The first-order valence-electron chi connectivity index (χ1n) is 7.58. The van der Waals surface area contributed by atoms with Crippen molar-refractivity contribution < 1.29 is 14.6 Å². The Labute approximate surface area is 130 Å². The number of fused-ring (bicyclic) bond motifs is 1. The van der Waals surface area contributed by atoms with Gasteiger partial charge >= 0.3 is 0 Å². The summed E-state index contributed by atoms with van der Waals surface area (Å²) in [5.74, 6) is -0.0633. The Balaban J connectivity index is 2.23. The molecule has 5 nitrogen and oxygen atoms in total. The Morgan fingerprint density at radius 3 is 2.77 bits per heavy atom. The van der Waals surface area contributed by atoms with E-state index < -0.39 is 6.10 Å². The molecule has 2 aromatic rings. The van der Waals surface area contributed by atoms with Crippen LogP contribution in [-0.4, -0.2) is 41.9 Å². The number of ether oxygens (including phenoxy) is 1. The van der Waals surface area contributed by atoms with Gasteiger partial charge in [0.15, 0.2) is 0 Å². The van der Waals surface area contributed by atoms with Gasteiger partial charge in [-0.15, -0.1) is 0 Å². The molecule has 0 saturated carbocycles. The van der Waals surface area contributed by atoms with E-state index in [1.54, 1.807) is 7.11 Å². The van der Waals surface area contributed by atoms with Crippen LogP contribution in [-0.2, 0) is 11.3 Å². The predicted octanol–water partition coefficient (Wildman–Crippen LogP) is 2.03. The first-order chi connectivity index (χ1) is 10.5. The predicted molar refractivity (Wildman–Crippen MR) is 87.0 cm³/mol. The van der Waals surface area contributed by atoms with Crippen molar-refractivity contribution in [3.05, 3.63) is 36.0 Å². The Morgan fingerprint density at radius 1 is 1.36 bits per heavy atom. The molecule has 0 radical (unpaired) electrons. The number of hydrogen-bond donors (Lipinski definition) is 2. The van der Waals surface area contributed by atoms with Crippen molar-refractivity contribution >= 4 is 16.8 Å². The second-order valence-corrected chi connectivity index (χ2v) is 5.75. The molecule has 0 bridgehead atoms. The van der Waals surface area contributed by atoms with Crippen LogP contribution in [0, 0.1) is 5.92 Å². The van der Waals surface area contributed by atoms with Gasteiger partial charge in [0.1, 0.15) is 5.69 Å². The summed E-state index contributed by atoms with van der Waals surface area (Å²) in [6.45, 7) is 5.24. The van der Waals surface area contributed by atoms with Crippen molar-refractivity contribution in [1.82, 2.24) is 9.88 Å². The van der Waals surface area contributed by atoms with Gasteiger partial charge in [-0.2, -0.15) is 0 Å². The molecule has 22 heavy (non-hydrogen) atoms. The number of nitrogens with zero attached hydrogens (tertiary/aromatic N) is 1. The van der Waals surface area contributed by atoms with E-state index in [4.69, 9.17) is 4.74 Å². The van der Waals surface area contributed by atoms with Crippen molar-refractivity contribution in [2.75, 3.05) is 20.3 Å². The van der Waals surface area contributed by atoms with Crippen LogP contribution < -0.4 is 5.32 Å². The summed E-state index contributed by atoms with van der Waals surface area (Å²) >= 11 is 0. The number of rotatable bonds is 7. The van der Waals surface area contributed by atoms with Crippen molar-refractivity contribution in [2.45, 2.75) is 26.5 Å². The highest BCUT2D eigenvalue weighted by atomic mass is 16.5. The lowest BCUT2D eigenvalue weighted by atomic mass is 10.1. The molecule has 1 aromatic carbocycles. The molecule has 0 fully saturated rings. The van der Waals surface area contributed by atoms with Gasteiger partial charge in [-0.25, -0.2) is 0 Å². The normalized spacial score (nSPS) is 12.8. The summed E-state index contributed by atoms with van der Waals surface area (Å²) < 4.78 is 7.09. The zero-order valence-electron chi connectivity index (χ0n) is 13.4. The minimum absolute atomic E-state index is 0.111. The van der Waals surface area contributed by atoms with Crippen molar-refractivity contribution in [3.63, 3.8) is 0 Å². The summed E-state index contributed by atoms with van der Waals surface area (Å²) in [6.07, 6.45) is -0.541. The standard InChI is InChI=1S/C17H24N2O3/c1-12(2)16(20)11-18-17(21)15-10-13-6-4-5-7-14(13)19(15)8-9-22-3/h4-7,10,12,16,20H,8-9,11H2,1-3H3,(H,18,21). The minimum Gasteiger partial charge on any atom is -0.391 e. The highest BCUT2D eigenvalue weighted by Crippen LogP contribution is 2.20. The van der Waals surface area contributed by atoms with Crippen molar-refractivity contribution in [3.8, 4) is 0 Å². The third-order valence-electron chi connectivity index (χ3n) is 3.80. The number of aliphatic hydroxyl groups excluding tert-OH is 1. The third kappa shape index (κ3) is 3.67. The fourth-order valence-electron chi connectivity index (χ4n) is 2.35. The zero-order chi connectivity index (χ0) is 16.1. The van der Waals surface area contributed by atoms with Gasteiger partial charge in [0, 0.05) is 31.1 Å². The molecular weight excluding hydrogens is 280 g/mol. The van der Waals surface area contributed by atoms with Gasteiger partial charge in [0.2, 0.25) is 0 Å². The minimum atomic E-state index is -0.541. The number of aromatic nitrogens is 1. The molecule has 0 saturated heterocycles. The Hall–Kier alpha value is -1.85. The molecule has 0 aliphatic carbocycles. The molecule has 2 rings (SSSR count). The summed E-state index contributed by atoms with van der Waals surface area (Å²) in [5, 5.41) is 13.7. The number of carbonyl (C=O) groups excluding carboxylic acids is 1. The maximum absolute atomic E-state index is 12.4. The Bertz CT molecular complexity index is 634. The second kappa shape index (κ2) is 7.42. The van der Waals surface area contributed by atoms with E-state index in [9.17, 15) is 9.90 Å². The van der Waals surface area contributed by atoms with E-state index in [1.807, 2.05) is 48.7 Å². The quantitative estimate of drug-likeness (QED) is 0.823. The van der Waals surface area contributed by atoms with Crippen LogP contribution >= 0.6 is 0 Å².